The highest BCUT2D eigenvalue weighted by molar-refractivity contribution is 5.94. The van der Waals surface area contributed by atoms with Crippen LogP contribution in [0.15, 0.2) is 18.2 Å². The van der Waals surface area contributed by atoms with E-state index in [1.165, 1.54) is 30.4 Å². The van der Waals surface area contributed by atoms with E-state index < -0.39 is 0 Å². The zero-order valence-electron chi connectivity index (χ0n) is 12.2. The highest BCUT2D eigenvalue weighted by atomic mass is 16.1. The topological polar surface area (TPSA) is 41.1 Å². The van der Waals surface area contributed by atoms with Gasteiger partial charge in [-0.15, -0.1) is 0 Å². The lowest BCUT2D eigenvalue weighted by atomic mass is 9.90. The predicted octanol–water partition coefficient (Wildman–Crippen LogP) is 2.29. The van der Waals surface area contributed by atoms with Gasteiger partial charge in [0.15, 0.2) is 0 Å². The number of piperidine rings is 1. The second kappa shape index (κ2) is 5.96. The summed E-state index contributed by atoms with van der Waals surface area (Å²) in [5.41, 5.74) is 3.63. The normalized spacial score (nSPS) is 25.9. The molecule has 0 radical (unpaired) electrons. The summed E-state index contributed by atoms with van der Waals surface area (Å²) in [5.74, 6) is 0.636. The Kier molecular flexibility index (Phi) is 4.06. The average molecular weight is 272 g/mol. The van der Waals surface area contributed by atoms with Crippen molar-refractivity contribution in [1.29, 1.82) is 0 Å². The minimum atomic E-state index is 0.0823. The van der Waals surface area contributed by atoms with Gasteiger partial charge in [-0.25, -0.2) is 0 Å². The van der Waals surface area contributed by atoms with Crippen LogP contribution in [0.25, 0.3) is 0 Å². The van der Waals surface area contributed by atoms with Gasteiger partial charge in [0.05, 0.1) is 0 Å². The number of carbonyl (C=O) groups excluding carboxylic acids is 1. The molecule has 0 saturated carbocycles. The molecule has 3 heteroatoms. The molecule has 108 valence electrons. The number of aryl methyl sites for hydroxylation is 2. The second-order valence-electron chi connectivity index (χ2n) is 6.24. The summed E-state index contributed by atoms with van der Waals surface area (Å²) in [6, 6.07) is 6.49. The first-order valence-electron chi connectivity index (χ1n) is 7.87. The molecule has 0 bridgehead atoms. The molecule has 20 heavy (non-hydrogen) atoms. The Bertz CT molecular complexity index is 498. The van der Waals surface area contributed by atoms with Gasteiger partial charge in [0.25, 0.3) is 5.91 Å². The third-order valence-corrected chi connectivity index (χ3v) is 4.75. The molecule has 2 N–H and O–H groups in total. The molecule has 1 aliphatic heterocycles. The maximum Gasteiger partial charge on any atom is 0.251 e. The molecular formula is C17H24N2O. The van der Waals surface area contributed by atoms with E-state index in [4.69, 9.17) is 0 Å². The molecule has 0 aromatic heterocycles. The Morgan fingerprint density at radius 2 is 2.05 bits per heavy atom. The van der Waals surface area contributed by atoms with Crippen molar-refractivity contribution in [2.45, 2.75) is 45.1 Å². The van der Waals surface area contributed by atoms with Crippen LogP contribution in [0.4, 0.5) is 0 Å². The van der Waals surface area contributed by atoms with Crippen molar-refractivity contribution < 1.29 is 4.79 Å². The molecular weight excluding hydrogens is 248 g/mol. The Morgan fingerprint density at radius 1 is 1.25 bits per heavy atom. The van der Waals surface area contributed by atoms with Gasteiger partial charge in [-0.1, -0.05) is 13.0 Å². The van der Waals surface area contributed by atoms with Crippen LogP contribution < -0.4 is 10.6 Å². The lowest BCUT2D eigenvalue weighted by Crippen LogP contribution is -2.50. The number of carbonyl (C=O) groups is 1. The molecule has 1 amide bonds. The van der Waals surface area contributed by atoms with Crippen molar-refractivity contribution in [1.82, 2.24) is 10.6 Å². The van der Waals surface area contributed by atoms with E-state index in [-0.39, 0.29) is 11.9 Å². The van der Waals surface area contributed by atoms with Crippen molar-refractivity contribution in [3.05, 3.63) is 34.9 Å². The highest BCUT2D eigenvalue weighted by Gasteiger charge is 2.23. The molecule has 1 aliphatic carbocycles. The van der Waals surface area contributed by atoms with Crippen LogP contribution in [-0.2, 0) is 12.8 Å². The van der Waals surface area contributed by atoms with E-state index >= 15 is 0 Å². The number of fused-ring (bicyclic) bond motifs is 1. The zero-order valence-corrected chi connectivity index (χ0v) is 12.2. The quantitative estimate of drug-likeness (QED) is 0.867. The summed E-state index contributed by atoms with van der Waals surface area (Å²) in [5, 5.41) is 6.55. The van der Waals surface area contributed by atoms with Crippen molar-refractivity contribution in [2.24, 2.45) is 5.92 Å². The molecule has 2 aliphatic rings. The van der Waals surface area contributed by atoms with E-state index in [9.17, 15) is 4.79 Å². The maximum atomic E-state index is 12.4. The first-order valence-corrected chi connectivity index (χ1v) is 7.87. The molecule has 2 unspecified atom stereocenters. The molecule has 2 atom stereocenters. The number of rotatable bonds is 2. The fourth-order valence-electron chi connectivity index (χ4n) is 3.31. The molecule has 1 saturated heterocycles. The minimum absolute atomic E-state index is 0.0823. The first kappa shape index (κ1) is 13.6. The van der Waals surface area contributed by atoms with Gasteiger partial charge in [-0.3, -0.25) is 4.79 Å². The van der Waals surface area contributed by atoms with Crippen LogP contribution in [0, 0.1) is 5.92 Å². The highest BCUT2D eigenvalue weighted by Crippen LogP contribution is 2.22. The van der Waals surface area contributed by atoms with Crippen molar-refractivity contribution in [3.63, 3.8) is 0 Å². The Labute approximate surface area is 121 Å². The maximum absolute atomic E-state index is 12.4. The molecule has 0 spiro atoms. The minimum Gasteiger partial charge on any atom is -0.348 e. The first-order chi connectivity index (χ1) is 9.74. The third kappa shape index (κ3) is 2.88. The van der Waals surface area contributed by atoms with Gasteiger partial charge >= 0.3 is 0 Å². The van der Waals surface area contributed by atoms with Crippen molar-refractivity contribution in [3.8, 4) is 0 Å². The standard InChI is InChI=1S/C17H24N2O/c1-12-8-9-18-11-16(12)19-17(20)15-7-6-13-4-2-3-5-14(13)10-15/h6-7,10,12,16,18H,2-5,8-9,11H2,1H3,(H,19,20). The van der Waals surface area contributed by atoms with Crippen molar-refractivity contribution in [2.75, 3.05) is 13.1 Å². The van der Waals surface area contributed by atoms with Gasteiger partial charge in [-0.2, -0.15) is 0 Å². The fourth-order valence-corrected chi connectivity index (χ4v) is 3.31. The van der Waals surface area contributed by atoms with Crippen LogP contribution in [0.3, 0.4) is 0 Å². The summed E-state index contributed by atoms with van der Waals surface area (Å²) in [4.78, 5) is 12.4. The summed E-state index contributed by atoms with van der Waals surface area (Å²) >= 11 is 0. The Balaban J connectivity index is 1.70. The van der Waals surface area contributed by atoms with Crippen LogP contribution in [0.5, 0.6) is 0 Å². The lowest BCUT2D eigenvalue weighted by Gasteiger charge is -2.30. The van der Waals surface area contributed by atoms with Crippen LogP contribution >= 0.6 is 0 Å². The van der Waals surface area contributed by atoms with Gasteiger partial charge in [0.2, 0.25) is 0 Å². The molecule has 1 fully saturated rings. The summed E-state index contributed by atoms with van der Waals surface area (Å²) in [7, 11) is 0. The molecule has 1 aromatic carbocycles. The number of amides is 1. The Morgan fingerprint density at radius 3 is 2.85 bits per heavy atom. The number of hydrogen-bond donors (Lipinski definition) is 2. The number of nitrogens with one attached hydrogen (secondary N) is 2. The largest absolute Gasteiger partial charge is 0.348 e. The van der Waals surface area contributed by atoms with E-state index in [2.05, 4.69) is 29.7 Å². The molecule has 3 nitrogen and oxygen atoms in total. The monoisotopic (exact) mass is 272 g/mol. The predicted molar refractivity (Wildman–Crippen MR) is 81.0 cm³/mol. The van der Waals surface area contributed by atoms with Gasteiger partial charge in [-0.05, 0) is 67.8 Å². The zero-order chi connectivity index (χ0) is 13.9. The number of hydrogen-bond acceptors (Lipinski definition) is 2. The molecule has 1 heterocycles. The van der Waals surface area contributed by atoms with Gasteiger partial charge in [0.1, 0.15) is 0 Å². The van der Waals surface area contributed by atoms with Crippen LogP contribution in [0.2, 0.25) is 0 Å². The molecule has 3 rings (SSSR count). The summed E-state index contributed by atoms with van der Waals surface area (Å²) < 4.78 is 0. The molecule has 1 aromatic rings. The SMILES string of the molecule is CC1CCNCC1NC(=O)c1ccc2c(c1)CCCC2. The second-order valence-corrected chi connectivity index (χ2v) is 6.24. The lowest BCUT2D eigenvalue weighted by molar-refractivity contribution is 0.0915. The van der Waals surface area contributed by atoms with Gasteiger partial charge in [0, 0.05) is 18.2 Å². The third-order valence-electron chi connectivity index (χ3n) is 4.75. The fraction of sp³-hybridized carbons (Fsp3) is 0.588. The van der Waals surface area contributed by atoms with E-state index in [0.717, 1.165) is 31.5 Å². The van der Waals surface area contributed by atoms with Crippen LogP contribution in [0.1, 0.15) is 47.7 Å². The summed E-state index contributed by atoms with van der Waals surface area (Å²) in [6.45, 7) is 4.17. The smallest absolute Gasteiger partial charge is 0.251 e. The average Bonchev–Trinajstić information content (AvgIpc) is 2.49. The number of benzene rings is 1. The van der Waals surface area contributed by atoms with Gasteiger partial charge < -0.3 is 10.6 Å². The van der Waals surface area contributed by atoms with E-state index in [0.29, 0.717) is 5.92 Å². The van der Waals surface area contributed by atoms with Crippen molar-refractivity contribution >= 4 is 5.91 Å². The van der Waals surface area contributed by atoms with E-state index in [1.807, 2.05) is 6.07 Å². The van der Waals surface area contributed by atoms with E-state index in [1.54, 1.807) is 0 Å². The van der Waals surface area contributed by atoms with Crippen LogP contribution in [-0.4, -0.2) is 25.0 Å². The Hall–Kier alpha value is -1.35. The summed E-state index contributed by atoms with van der Waals surface area (Å²) in [6.07, 6.45) is 5.96.